The molecule has 0 radical (unpaired) electrons. The van der Waals surface area contributed by atoms with Gasteiger partial charge in [0.25, 0.3) is 5.91 Å². The van der Waals surface area contributed by atoms with Gasteiger partial charge in [0.1, 0.15) is 0 Å². The molecule has 0 aromatic heterocycles. The summed E-state index contributed by atoms with van der Waals surface area (Å²) in [5.74, 6) is 1.18. The van der Waals surface area contributed by atoms with E-state index in [9.17, 15) is 4.79 Å². The maximum Gasteiger partial charge on any atom is 0.253 e. The van der Waals surface area contributed by atoms with Crippen molar-refractivity contribution in [1.82, 2.24) is 5.32 Å². The number of rotatable bonds is 8. The lowest BCUT2D eigenvalue weighted by Crippen LogP contribution is -2.23. The molecule has 0 saturated carbocycles. The number of nitrogens with one attached hydrogen (secondary N) is 1. The molecule has 5 heteroatoms. The summed E-state index contributed by atoms with van der Waals surface area (Å²) in [6.07, 6.45) is 2.08. The molecule has 0 spiro atoms. The lowest BCUT2D eigenvalue weighted by Gasteiger charge is -2.13. The lowest BCUT2D eigenvalue weighted by atomic mass is 10.1. The van der Waals surface area contributed by atoms with E-state index in [1.165, 1.54) is 0 Å². The van der Waals surface area contributed by atoms with E-state index >= 15 is 0 Å². The Morgan fingerprint density at radius 2 is 1.96 bits per heavy atom. The number of ether oxygens (including phenoxy) is 2. The predicted octanol–water partition coefficient (Wildman–Crippen LogP) is 3.39. The molecule has 0 heterocycles. The zero-order valence-corrected chi connectivity index (χ0v) is 14.2. The quantitative estimate of drug-likeness (QED) is 0.575. The smallest absolute Gasteiger partial charge is 0.253 e. The number of amides is 1. The van der Waals surface area contributed by atoms with Crippen molar-refractivity contribution in [1.29, 1.82) is 0 Å². The Hall–Kier alpha value is -2.69. The van der Waals surface area contributed by atoms with Crippen molar-refractivity contribution < 1.29 is 14.3 Å². The molecule has 0 unspecified atom stereocenters. The fourth-order valence-corrected chi connectivity index (χ4v) is 2.25. The molecule has 1 amide bonds. The number of methoxy groups -OCH3 is 1. The Balaban J connectivity index is 2.00. The summed E-state index contributed by atoms with van der Waals surface area (Å²) in [7, 11) is 1.61. The predicted molar refractivity (Wildman–Crippen MR) is 95.4 cm³/mol. The summed E-state index contributed by atoms with van der Waals surface area (Å²) in [5.41, 5.74) is 7.69. The molecule has 24 heavy (non-hydrogen) atoms. The number of carbonyl (C=O) groups excluding carboxylic acids is 1. The first-order valence-electron chi connectivity index (χ1n) is 8.08. The van der Waals surface area contributed by atoms with E-state index in [1.54, 1.807) is 31.4 Å². The van der Waals surface area contributed by atoms with Gasteiger partial charge in [0, 0.05) is 12.2 Å². The molecule has 0 aliphatic carbocycles. The maximum absolute atomic E-state index is 12.2. The van der Waals surface area contributed by atoms with Crippen LogP contribution in [0.3, 0.4) is 0 Å². The van der Waals surface area contributed by atoms with E-state index in [0.717, 1.165) is 18.4 Å². The topological polar surface area (TPSA) is 73.6 Å². The van der Waals surface area contributed by atoms with Crippen LogP contribution in [0.15, 0.2) is 42.5 Å². The molecule has 0 bridgehead atoms. The monoisotopic (exact) mass is 328 g/mol. The van der Waals surface area contributed by atoms with Crippen LogP contribution in [-0.2, 0) is 6.54 Å². The second kappa shape index (κ2) is 8.82. The molecule has 2 aromatic rings. The van der Waals surface area contributed by atoms with Gasteiger partial charge in [-0.1, -0.05) is 31.5 Å². The number of nitrogen functional groups attached to an aromatic ring is 1. The van der Waals surface area contributed by atoms with Crippen LogP contribution in [0.25, 0.3) is 0 Å². The van der Waals surface area contributed by atoms with Crippen molar-refractivity contribution >= 4 is 11.6 Å². The third-order valence-corrected chi connectivity index (χ3v) is 3.64. The van der Waals surface area contributed by atoms with Gasteiger partial charge in [0.15, 0.2) is 11.5 Å². The molecule has 2 rings (SSSR count). The van der Waals surface area contributed by atoms with Crippen LogP contribution in [0.2, 0.25) is 0 Å². The molecule has 0 aliphatic heterocycles. The molecule has 3 N–H and O–H groups in total. The summed E-state index contributed by atoms with van der Waals surface area (Å²) in [4.78, 5) is 12.2. The van der Waals surface area contributed by atoms with E-state index < -0.39 is 0 Å². The van der Waals surface area contributed by atoms with Crippen LogP contribution in [0.4, 0.5) is 5.69 Å². The molecule has 128 valence electrons. The van der Waals surface area contributed by atoms with Gasteiger partial charge in [0.2, 0.25) is 0 Å². The van der Waals surface area contributed by atoms with E-state index in [4.69, 9.17) is 15.2 Å². The average molecular weight is 328 g/mol. The average Bonchev–Trinajstić information content (AvgIpc) is 2.61. The number of hydrogen-bond donors (Lipinski definition) is 2. The molecule has 0 fully saturated rings. The zero-order chi connectivity index (χ0) is 17.4. The van der Waals surface area contributed by atoms with Crippen molar-refractivity contribution in [2.75, 3.05) is 19.5 Å². The van der Waals surface area contributed by atoms with Crippen molar-refractivity contribution in [3.05, 3.63) is 53.6 Å². The summed E-state index contributed by atoms with van der Waals surface area (Å²) < 4.78 is 11.1. The van der Waals surface area contributed by atoms with Crippen LogP contribution in [0, 0.1) is 0 Å². The zero-order valence-electron chi connectivity index (χ0n) is 14.2. The van der Waals surface area contributed by atoms with E-state index in [1.807, 2.05) is 18.2 Å². The molecule has 2 aromatic carbocycles. The van der Waals surface area contributed by atoms with Crippen LogP contribution >= 0.6 is 0 Å². The van der Waals surface area contributed by atoms with Gasteiger partial charge in [-0.05, 0) is 36.2 Å². The minimum Gasteiger partial charge on any atom is -0.493 e. The number of nitrogens with two attached hydrogens (primary N) is 1. The summed E-state index contributed by atoms with van der Waals surface area (Å²) in [6.45, 7) is 3.17. The third-order valence-electron chi connectivity index (χ3n) is 3.64. The number of benzene rings is 2. The van der Waals surface area contributed by atoms with Gasteiger partial charge in [-0.3, -0.25) is 4.79 Å². The summed E-state index contributed by atoms with van der Waals surface area (Å²) in [6, 6.07) is 12.7. The molecule has 5 nitrogen and oxygen atoms in total. The first kappa shape index (κ1) is 17.7. The van der Waals surface area contributed by atoms with Crippen LogP contribution in [-0.4, -0.2) is 19.6 Å². The fraction of sp³-hybridized carbons (Fsp3) is 0.316. The first-order valence-corrected chi connectivity index (χ1v) is 8.08. The Labute approximate surface area is 142 Å². The molecular weight excluding hydrogens is 304 g/mol. The second-order valence-corrected chi connectivity index (χ2v) is 5.46. The first-order chi connectivity index (χ1) is 11.7. The number of hydrogen-bond acceptors (Lipinski definition) is 4. The van der Waals surface area contributed by atoms with E-state index in [2.05, 4.69) is 12.2 Å². The second-order valence-electron chi connectivity index (χ2n) is 5.46. The minimum absolute atomic E-state index is 0.199. The van der Waals surface area contributed by atoms with E-state index in [-0.39, 0.29) is 5.91 Å². The highest BCUT2D eigenvalue weighted by molar-refractivity contribution is 5.99. The highest BCUT2D eigenvalue weighted by atomic mass is 16.5. The molecule has 0 atom stereocenters. The van der Waals surface area contributed by atoms with Gasteiger partial charge in [-0.15, -0.1) is 0 Å². The maximum atomic E-state index is 12.2. The normalized spacial score (nSPS) is 10.2. The van der Waals surface area contributed by atoms with Crippen LogP contribution in [0.1, 0.15) is 35.7 Å². The Kier molecular flexibility index (Phi) is 6.49. The van der Waals surface area contributed by atoms with Crippen molar-refractivity contribution in [3.63, 3.8) is 0 Å². The van der Waals surface area contributed by atoms with Crippen LogP contribution in [0.5, 0.6) is 11.5 Å². The summed E-state index contributed by atoms with van der Waals surface area (Å²) in [5, 5.41) is 2.86. The number of anilines is 1. The van der Waals surface area contributed by atoms with Crippen molar-refractivity contribution in [2.24, 2.45) is 0 Å². The van der Waals surface area contributed by atoms with Gasteiger partial charge < -0.3 is 20.5 Å². The molecule has 0 aliphatic rings. The Bertz CT molecular complexity index is 686. The Morgan fingerprint density at radius 1 is 1.17 bits per heavy atom. The fourth-order valence-electron chi connectivity index (χ4n) is 2.25. The number of carbonyl (C=O) groups is 1. The summed E-state index contributed by atoms with van der Waals surface area (Å²) >= 11 is 0. The lowest BCUT2D eigenvalue weighted by molar-refractivity contribution is 0.0952. The third kappa shape index (κ3) is 4.65. The highest BCUT2D eigenvalue weighted by Gasteiger charge is 2.10. The minimum atomic E-state index is -0.199. The SMILES string of the molecule is CCCCOc1ccc(CNC(=O)c2ccccc2N)cc1OC. The number of unbranched alkanes of at least 4 members (excludes halogenated alkanes) is 1. The van der Waals surface area contributed by atoms with Crippen molar-refractivity contribution in [3.8, 4) is 11.5 Å². The number of para-hydroxylation sites is 1. The standard InChI is InChI=1S/C19H24N2O3/c1-3-4-11-24-17-10-9-14(12-18(17)23-2)13-21-19(22)15-7-5-6-8-16(15)20/h5-10,12H,3-4,11,13,20H2,1-2H3,(H,21,22). The van der Waals surface area contributed by atoms with E-state index in [0.29, 0.717) is 35.9 Å². The molecule has 0 saturated heterocycles. The highest BCUT2D eigenvalue weighted by Crippen LogP contribution is 2.28. The van der Waals surface area contributed by atoms with Crippen molar-refractivity contribution in [2.45, 2.75) is 26.3 Å². The Morgan fingerprint density at radius 3 is 2.67 bits per heavy atom. The van der Waals surface area contributed by atoms with Gasteiger partial charge in [-0.2, -0.15) is 0 Å². The van der Waals surface area contributed by atoms with Gasteiger partial charge in [-0.25, -0.2) is 0 Å². The molecular formula is C19H24N2O3. The largest absolute Gasteiger partial charge is 0.493 e. The van der Waals surface area contributed by atoms with Gasteiger partial charge in [0.05, 0.1) is 19.3 Å². The van der Waals surface area contributed by atoms with Crippen LogP contribution < -0.4 is 20.5 Å². The van der Waals surface area contributed by atoms with Gasteiger partial charge >= 0.3 is 0 Å².